The highest BCUT2D eigenvalue weighted by Gasteiger charge is 2.32. The van der Waals surface area contributed by atoms with E-state index in [0.29, 0.717) is 58.6 Å². The first kappa shape index (κ1) is 27.8. The summed E-state index contributed by atoms with van der Waals surface area (Å²) in [5.41, 5.74) is 3.26. The van der Waals surface area contributed by atoms with Gasteiger partial charge >= 0.3 is 0 Å². The van der Waals surface area contributed by atoms with Crippen LogP contribution in [0.1, 0.15) is 76.5 Å². The number of aromatic nitrogens is 7. The molecule has 11 nitrogen and oxygen atoms in total. The summed E-state index contributed by atoms with van der Waals surface area (Å²) >= 11 is 0. The highest BCUT2D eigenvalue weighted by molar-refractivity contribution is 7.91. The molecule has 0 spiro atoms. The van der Waals surface area contributed by atoms with Crippen molar-refractivity contribution in [3.8, 4) is 17.3 Å². The van der Waals surface area contributed by atoms with Gasteiger partial charge in [-0.2, -0.15) is 0 Å². The summed E-state index contributed by atoms with van der Waals surface area (Å²) in [5.74, 6) is 1.16. The first-order valence-corrected chi connectivity index (χ1v) is 15.2. The maximum Gasteiger partial charge on any atom is 0.274 e. The van der Waals surface area contributed by atoms with Crippen molar-refractivity contribution in [3.63, 3.8) is 0 Å². The second-order valence-corrected chi connectivity index (χ2v) is 12.8. The lowest BCUT2D eigenvalue weighted by molar-refractivity contribution is 0.233. The molecule has 1 fully saturated rings. The summed E-state index contributed by atoms with van der Waals surface area (Å²) in [6, 6.07) is 3.05. The molecule has 0 aliphatic heterocycles. The molecule has 5 rings (SSSR count). The van der Waals surface area contributed by atoms with Crippen molar-refractivity contribution < 1.29 is 13.2 Å². The molecule has 0 bridgehead atoms. The van der Waals surface area contributed by atoms with E-state index in [1.54, 1.807) is 29.8 Å². The molecule has 210 valence electrons. The Balaban J connectivity index is 1.53. The van der Waals surface area contributed by atoms with Crippen LogP contribution < -0.4 is 10.3 Å². The number of hydrogen-bond donors (Lipinski definition) is 0. The zero-order chi connectivity index (χ0) is 28.6. The van der Waals surface area contributed by atoms with Crippen molar-refractivity contribution in [1.29, 1.82) is 0 Å². The molecule has 12 heteroatoms. The summed E-state index contributed by atoms with van der Waals surface area (Å²) in [5, 5.41) is 0. The minimum absolute atomic E-state index is 0.0127. The molecule has 0 amide bonds. The Morgan fingerprint density at radius 1 is 1.00 bits per heavy atom. The summed E-state index contributed by atoms with van der Waals surface area (Å²) in [6.07, 6.45) is 7.24. The maximum absolute atomic E-state index is 13.6. The fourth-order valence-electron chi connectivity index (χ4n) is 4.54. The fourth-order valence-corrected chi connectivity index (χ4v) is 5.36. The Hall–Kier alpha value is -3.80. The number of nitrogens with zero attached hydrogens (tertiary/aromatic N) is 7. The minimum atomic E-state index is -3.32. The van der Waals surface area contributed by atoms with Gasteiger partial charge in [0.15, 0.2) is 21.3 Å². The first-order valence-electron chi connectivity index (χ1n) is 13.6. The van der Waals surface area contributed by atoms with Crippen molar-refractivity contribution in [2.75, 3.05) is 5.75 Å². The van der Waals surface area contributed by atoms with Gasteiger partial charge in [0.25, 0.3) is 5.56 Å². The largest absolute Gasteiger partial charge is 0.474 e. The van der Waals surface area contributed by atoms with E-state index < -0.39 is 9.84 Å². The Morgan fingerprint density at radius 2 is 1.77 bits per heavy atom. The number of aryl methyl sites for hydroxylation is 2. The minimum Gasteiger partial charge on any atom is -0.474 e. The average molecular weight is 564 g/mol. The standard InChI is InChI=1S/C28H33N7O4S/c1-6-40(37,38)20-11-9-19(29-13-20)10-12-21-28(36)35(16(2)3)26-22(33-21)14-30-25(34-26)23-24(18-7-8-18)31-15-32-27(23)39-17(4)5/h9,11,13-18H,6-8,10,12H2,1-5H3. The lowest BCUT2D eigenvalue weighted by Gasteiger charge is -2.17. The lowest BCUT2D eigenvalue weighted by Crippen LogP contribution is -2.28. The topological polar surface area (TPSA) is 143 Å². The number of sulfone groups is 1. The third-order valence-electron chi connectivity index (χ3n) is 6.75. The van der Waals surface area contributed by atoms with E-state index in [0.717, 1.165) is 18.5 Å². The molecule has 0 N–H and O–H groups in total. The summed E-state index contributed by atoms with van der Waals surface area (Å²) in [6.45, 7) is 9.31. The van der Waals surface area contributed by atoms with Crippen molar-refractivity contribution in [2.24, 2.45) is 0 Å². The van der Waals surface area contributed by atoms with Gasteiger partial charge in [0.05, 0.1) is 28.6 Å². The normalized spacial score (nSPS) is 13.9. The second-order valence-electron chi connectivity index (χ2n) is 10.5. The van der Waals surface area contributed by atoms with Gasteiger partial charge in [0.2, 0.25) is 5.88 Å². The van der Waals surface area contributed by atoms with Crippen molar-refractivity contribution in [1.82, 2.24) is 34.5 Å². The molecule has 4 heterocycles. The Labute approximate surface area is 233 Å². The van der Waals surface area contributed by atoms with E-state index in [1.165, 1.54) is 12.5 Å². The van der Waals surface area contributed by atoms with E-state index in [2.05, 4.69) is 24.9 Å². The van der Waals surface area contributed by atoms with E-state index in [1.807, 2.05) is 27.7 Å². The fraction of sp³-hybridized carbons (Fsp3) is 0.464. The highest BCUT2D eigenvalue weighted by Crippen LogP contribution is 2.45. The molecule has 1 aliphatic rings. The lowest BCUT2D eigenvalue weighted by atomic mass is 10.1. The second kappa shape index (κ2) is 11.0. The summed E-state index contributed by atoms with van der Waals surface area (Å²) in [7, 11) is -3.32. The maximum atomic E-state index is 13.6. The Morgan fingerprint density at radius 3 is 2.40 bits per heavy atom. The van der Waals surface area contributed by atoms with Crippen LogP contribution in [0.5, 0.6) is 5.88 Å². The number of fused-ring (bicyclic) bond motifs is 1. The molecular formula is C28H33N7O4S. The predicted molar refractivity (Wildman–Crippen MR) is 150 cm³/mol. The van der Waals surface area contributed by atoms with Crippen molar-refractivity contribution in [3.05, 3.63) is 58.3 Å². The molecule has 0 aromatic carbocycles. The summed E-state index contributed by atoms with van der Waals surface area (Å²) < 4.78 is 31.8. The molecule has 0 atom stereocenters. The van der Waals surface area contributed by atoms with Gasteiger partial charge < -0.3 is 4.74 Å². The van der Waals surface area contributed by atoms with Crippen LogP contribution in [0.3, 0.4) is 0 Å². The summed E-state index contributed by atoms with van der Waals surface area (Å²) in [4.78, 5) is 41.1. The average Bonchev–Trinajstić information content (AvgIpc) is 3.77. The monoisotopic (exact) mass is 563 g/mol. The third kappa shape index (κ3) is 5.58. The molecule has 0 radical (unpaired) electrons. The van der Waals surface area contributed by atoms with Crippen molar-refractivity contribution in [2.45, 2.75) is 83.3 Å². The van der Waals surface area contributed by atoms with Gasteiger partial charge in [-0.15, -0.1) is 0 Å². The highest BCUT2D eigenvalue weighted by atomic mass is 32.2. The molecule has 4 aromatic rings. The predicted octanol–water partition coefficient (Wildman–Crippen LogP) is 3.86. The number of pyridine rings is 1. The van der Waals surface area contributed by atoms with E-state index in [-0.39, 0.29) is 28.4 Å². The zero-order valence-electron chi connectivity index (χ0n) is 23.3. The number of ether oxygens (including phenoxy) is 1. The van der Waals surface area contributed by atoms with Gasteiger partial charge in [0, 0.05) is 30.3 Å². The number of hydrogen-bond acceptors (Lipinski definition) is 10. The van der Waals surface area contributed by atoms with E-state index >= 15 is 0 Å². The Bertz CT molecular complexity index is 1710. The Kier molecular flexibility index (Phi) is 7.63. The molecule has 0 saturated heterocycles. The molecule has 40 heavy (non-hydrogen) atoms. The van der Waals surface area contributed by atoms with Gasteiger partial charge in [-0.05, 0) is 59.1 Å². The molecule has 4 aromatic heterocycles. The van der Waals surface area contributed by atoms with E-state index in [4.69, 9.17) is 9.72 Å². The smallest absolute Gasteiger partial charge is 0.274 e. The van der Waals surface area contributed by atoms with Crippen LogP contribution in [0, 0.1) is 0 Å². The SMILES string of the molecule is CCS(=O)(=O)c1ccc(CCc2nc3cnc(-c4c(OC(C)C)ncnc4C4CC4)nc3n(C(C)C)c2=O)nc1. The van der Waals surface area contributed by atoms with E-state index in [9.17, 15) is 13.2 Å². The van der Waals surface area contributed by atoms with Gasteiger partial charge in [-0.25, -0.2) is 33.3 Å². The van der Waals surface area contributed by atoms with Crippen LogP contribution >= 0.6 is 0 Å². The first-order chi connectivity index (χ1) is 19.1. The van der Waals surface area contributed by atoms with Crippen molar-refractivity contribution >= 4 is 21.0 Å². The van der Waals surface area contributed by atoms with Gasteiger partial charge in [0.1, 0.15) is 23.1 Å². The van der Waals surface area contributed by atoms with Gasteiger partial charge in [-0.3, -0.25) is 14.3 Å². The van der Waals surface area contributed by atoms with Crippen LogP contribution in [0.2, 0.25) is 0 Å². The van der Waals surface area contributed by atoms with Crippen LogP contribution in [-0.2, 0) is 22.7 Å². The quantitative estimate of drug-likeness (QED) is 0.279. The third-order valence-corrected chi connectivity index (χ3v) is 8.47. The zero-order valence-corrected chi connectivity index (χ0v) is 24.1. The molecular weight excluding hydrogens is 530 g/mol. The molecule has 1 aliphatic carbocycles. The molecule has 0 unspecified atom stereocenters. The molecule has 1 saturated carbocycles. The number of rotatable bonds is 10. The van der Waals surface area contributed by atoms with Crippen LogP contribution in [-0.4, -0.2) is 54.7 Å². The van der Waals surface area contributed by atoms with Crippen LogP contribution in [0.4, 0.5) is 0 Å². The van der Waals surface area contributed by atoms with Gasteiger partial charge in [-0.1, -0.05) is 6.92 Å². The van der Waals surface area contributed by atoms with Crippen LogP contribution in [0.25, 0.3) is 22.6 Å². The van der Waals surface area contributed by atoms with Crippen LogP contribution in [0.15, 0.2) is 40.5 Å².